The number of nitrogens with zero attached hydrogens (tertiary/aromatic N) is 4. The smallest absolute Gasteiger partial charge is 0.231 e. The van der Waals surface area contributed by atoms with E-state index in [0.29, 0.717) is 6.79 Å². The number of fused-ring (bicyclic) bond motifs is 4. The third-order valence-corrected chi connectivity index (χ3v) is 6.90. The van der Waals surface area contributed by atoms with Crippen LogP contribution in [0, 0.1) is 12.8 Å². The standard InChI is InChI=1S/C25H27N5O3/c1-16-27-28-24-7-3-19-13-20(4-5-21(19)30(16)24)26-25(31)18-8-10-29(11-9-18)14-17-2-6-22-23(12-17)33-15-32-22/h2,4-6,12-13,18H,3,7-11,14-15H2,1H3,(H,26,31). The fourth-order valence-electron chi connectivity index (χ4n) is 5.10. The van der Waals surface area contributed by atoms with Gasteiger partial charge in [-0.25, -0.2) is 0 Å². The van der Waals surface area contributed by atoms with Crippen molar-refractivity contribution in [3.63, 3.8) is 0 Å². The van der Waals surface area contributed by atoms with Crippen molar-refractivity contribution in [2.24, 2.45) is 5.92 Å². The van der Waals surface area contributed by atoms with Crippen LogP contribution in [-0.2, 0) is 24.2 Å². The summed E-state index contributed by atoms with van der Waals surface area (Å²) in [6.07, 6.45) is 3.51. The van der Waals surface area contributed by atoms with Gasteiger partial charge in [-0.15, -0.1) is 10.2 Å². The Morgan fingerprint density at radius 2 is 1.91 bits per heavy atom. The second-order valence-electron chi connectivity index (χ2n) is 9.07. The molecule has 0 bridgehead atoms. The molecule has 2 aromatic carbocycles. The van der Waals surface area contributed by atoms with E-state index in [2.05, 4.69) is 49.2 Å². The van der Waals surface area contributed by atoms with Crippen LogP contribution in [0.15, 0.2) is 36.4 Å². The van der Waals surface area contributed by atoms with Gasteiger partial charge in [-0.3, -0.25) is 14.3 Å². The van der Waals surface area contributed by atoms with Gasteiger partial charge in [0.05, 0.1) is 5.69 Å². The van der Waals surface area contributed by atoms with E-state index in [-0.39, 0.29) is 11.8 Å². The number of likely N-dealkylation sites (tertiary alicyclic amines) is 1. The number of nitrogens with one attached hydrogen (secondary N) is 1. The number of aromatic nitrogens is 3. The lowest BCUT2D eigenvalue weighted by molar-refractivity contribution is -0.121. The van der Waals surface area contributed by atoms with Gasteiger partial charge in [0.15, 0.2) is 11.5 Å². The van der Waals surface area contributed by atoms with Gasteiger partial charge < -0.3 is 14.8 Å². The van der Waals surface area contributed by atoms with E-state index in [9.17, 15) is 4.79 Å². The summed E-state index contributed by atoms with van der Waals surface area (Å²) in [4.78, 5) is 15.4. The monoisotopic (exact) mass is 445 g/mol. The normalized spacial score (nSPS) is 17.5. The van der Waals surface area contributed by atoms with Crippen LogP contribution in [0.3, 0.4) is 0 Å². The van der Waals surface area contributed by atoms with E-state index in [1.807, 2.05) is 19.1 Å². The van der Waals surface area contributed by atoms with Crippen molar-refractivity contribution in [3.8, 4) is 17.2 Å². The molecule has 0 unspecified atom stereocenters. The highest BCUT2D eigenvalue weighted by molar-refractivity contribution is 5.92. The van der Waals surface area contributed by atoms with E-state index in [4.69, 9.17) is 9.47 Å². The molecule has 0 radical (unpaired) electrons. The predicted molar refractivity (Wildman–Crippen MR) is 123 cm³/mol. The minimum atomic E-state index is 0.0423. The first-order valence-electron chi connectivity index (χ1n) is 11.6. The molecule has 0 spiro atoms. The lowest BCUT2D eigenvalue weighted by Crippen LogP contribution is -2.37. The molecule has 3 aromatic rings. The zero-order chi connectivity index (χ0) is 22.4. The Hall–Kier alpha value is -3.39. The van der Waals surface area contributed by atoms with Crippen LogP contribution in [0.5, 0.6) is 11.5 Å². The van der Waals surface area contributed by atoms with E-state index in [1.54, 1.807) is 0 Å². The first-order chi connectivity index (χ1) is 16.1. The molecule has 33 heavy (non-hydrogen) atoms. The van der Waals surface area contributed by atoms with Crippen LogP contribution >= 0.6 is 0 Å². The molecule has 1 amide bonds. The summed E-state index contributed by atoms with van der Waals surface area (Å²) in [5.41, 5.74) is 4.42. The highest BCUT2D eigenvalue weighted by Gasteiger charge is 2.26. The summed E-state index contributed by atoms with van der Waals surface area (Å²) < 4.78 is 13.0. The zero-order valence-corrected chi connectivity index (χ0v) is 18.7. The molecule has 8 heteroatoms. The summed E-state index contributed by atoms with van der Waals surface area (Å²) in [5.74, 6) is 3.70. The molecular weight excluding hydrogens is 418 g/mol. The molecule has 1 fully saturated rings. The third-order valence-electron chi connectivity index (χ3n) is 6.90. The Kier molecular flexibility index (Phi) is 5.02. The van der Waals surface area contributed by atoms with Crippen molar-refractivity contribution >= 4 is 11.6 Å². The van der Waals surface area contributed by atoms with Crippen LogP contribution in [0.25, 0.3) is 5.69 Å². The molecule has 170 valence electrons. The quantitative estimate of drug-likeness (QED) is 0.664. The second-order valence-corrected chi connectivity index (χ2v) is 9.07. The SMILES string of the molecule is Cc1nnc2n1-c1ccc(NC(=O)C3CCN(Cc4ccc5c(c4)OCO5)CC3)cc1CC2. The molecule has 8 nitrogen and oxygen atoms in total. The maximum atomic E-state index is 13.0. The molecule has 1 aromatic heterocycles. The molecule has 4 heterocycles. The van der Waals surface area contributed by atoms with Gasteiger partial charge in [0.1, 0.15) is 11.6 Å². The first kappa shape index (κ1) is 20.2. The second kappa shape index (κ2) is 8.19. The number of hydrogen-bond acceptors (Lipinski definition) is 6. The average Bonchev–Trinajstić information content (AvgIpc) is 3.45. The summed E-state index contributed by atoms with van der Waals surface area (Å²) >= 11 is 0. The first-order valence-corrected chi connectivity index (χ1v) is 11.6. The fraction of sp³-hybridized carbons (Fsp3) is 0.400. The summed E-state index contributed by atoms with van der Waals surface area (Å²) in [6.45, 7) is 4.95. The van der Waals surface area contributed by atoms with E-state index >= 15 is 0 Å². The number of piperidine rings is 1. The number of hydrogen-bond donors (Lipinski definition) is 1. The van der Waals surface area contributed by atoms with Gasteiger partial charge in [-0.2, -0.15) is 0 Å². The van der Waals surface area contributed by atoms with Crippen molar-refractivity contribution in [1.29, 1.82) is 0 Å². The number of benzene rings is 2. The summed E-state index contributed by atoms with van der Waals surface area (Å²) in [6, 6.07) is 12.3. The number of ether oxygens (including phenoxy) is 2. The van der Waals surface area contributed by atoms with Gasteiger partial charge >= 0.3 is 0 Å². The lowest BCUT2D eigenvalue weighted by atomic mass is 9.95. The highest BCUT2D eigenvalue weighted by Crippen LogP contribution is 2.33. The Balaban J connectivity index is 1.06. The number of carbonyl (C=O) groups excluding carboxylic acids is 1. The molecule has 1 N–H and O–H groups in total. The minimum Gasteiger partial charge on any atom is -0.454 e. The molecule has 6 rings (SSSR count). The number of aryl methyl sites for hydroxylation is 3. The van der Waals surface area contributed by atoms with Crippen molar-refractivity contribution < 1.29 is 14.3 Å². The van der Waals surface area contributed by atoms with Gasteiger partial charge in [-0.1, -0.05) is 6.07 Å². The van der Waals surface area contributed by atoms with E-state index < -0.39 is 0 Å². The predicted octanol–water partition coefficient (Wildman–Crippen LogP) is 3.25. The number of amides is 1. The van der Waals surface area contributed by atoms with Gasteiger partial charge in [0.25, 0.3) is 0 Å². The minimum absolute atomic E-state index is 0.0423. The van der Waals surface area contributed by atoms with E-state index in [1.165, 1.54) is 11.1 Å². The molecule has 1 saturated heterocycles. The zero-order valence-electron chi connectivity index (χ0n) is 18.7. The number of rotatable bonds is 4. The maximum absolute atomic E-state index is 13.0. The topological polar surface area (TPSA) is 81.5 Å². The Morgan fingerprint density at radius 3 is 2.79 bits per heavy atom. The average molecular weight is 446 g/mol. The van der Waals surface area contributed by atoms with Gasteiger partial charge in [-0.05, 0) is 80.7 Å². The van der Waals surface area contributed by atoms with Crippen molar-refractivity contribution in [2.75, 3.05) is 25.2 Å². The van der Waals surface area contributed by atoms with Gasteiger partial charge in [0, 0.05) is 24.6 Å². The van der Waals surface area contributed by atoms with Crippen LogP contribution in [0.1, 0.15) is 35.6 Å². The van der Waals surface area contributed by atoms with Crippen LogP contribution in [0.2, 0.25) is 0 Å². The van der Waals surface area contributed by atoms with Crippen LogP contribution in [-0.4, -0.2) is 45.5 Å². The van der Waals surface area contributed by atoms with Crippen molar-refractivity contribution in [2.45, 2.75) is 39.2 Å². The Labute approximate surface area is 192 Å². The highest BCUT2D eigenvalue weighted by atomic mass is 16.7. The third kappa shape index (κ3) is 3.84. The summed E-state index contributed by atoms with van der Waals surface area (Å²) in [5, 5.41) is 11.6. The summed E-state index contributed by atoms with van der Waals surface area (Å²) in [7, 11) is 0. The van der Waals surface area contributed by atoms with Gasteiger partial charge in [0.2, 0.25) is 12.7 Å². The van der Waals surface area contributed by atoms with Crippen LogP contribution < -0.4 is 14.8 Å². The van der Waals surface area contributed by atoms with Crippen molar-refractivity contribution in [1.82, 2.24) is 19.7 Å². The maximum Gasteiger partial charge on any atom is 0.231 e. The lowest BCUT2D eigenvalue weighted by Gasteiger charge is -2.31. The largest absolute Gasteiger partial charge is 0.454 e. The molecule has 0 aliphatic carbocycles. The Bertz CT molecular complexity index is 1210. The molecule has 0 atom stereocenters. The number of carbonyl (C=O) groups is 1. The van der Waals surface area contributed by atoms with Crippen molar-refractivity contribution in [3.05, 3.63) is 59.2 Å². The molecule has 3 aliphatic rings. The fourth-order valence-corrected chi connectivity index (χ4v) is 5.10. The number of anilines is 1. The van der Waals surface area contributed by atoms with Crippen LogP contribution in [0.4, 0.5) is 5.69 Å². The Morgan fingerprint density at radius 1 is 1.06 bits per heavy atom. The molecule has 3 aliphatic heterocycles. The molecule has 0 saturated carbocycles. The molecular formula is C25H27N5O3. The van der Waals surface area contributed by atoms with E-state index in [0.717, 1.165) is 79.8 Å².